The maximum atomic E-state index is 5.77. The van der Waals surface area contributed by atoms with E-state index in [-0.39, 0.29) is 0 Å². The molecular formula is C17H27NO. The summed E-state index contributed by atoms with van der Waals surface area (Å²) < 4.78 is 5.77. The summed E-state index contributed by atoms with van der Waals surface area (Å²) in [5.74, 6) is 1.66. The van der Waals surface area contributed by atoms with Crippen LogP contribution < -0.4 is 10.1 Å². The lowest BCUT2D eigenvalue weighted by Crippen LogP contribution is -2.28. The number of ether oxygens (including phenoxy) is 1. The summed E-state index contributed by atoms with van der Waals surface area (Å²) in [5, 5.41) is 3.68. The second kappa shape index (κ2) is 6.42. The van der Waals surface area contributed by atoms with Gasteiger partial charge in [-0.1, -0.05) is 39.3 Å². The molecule has 0 bridgehead atoms. The van der Waals surface area contributed by atoms with E-state index >= 15 is 0 Å². The molecule has 2 nitrogen and oxygen atoms in total. The molecule has 2 rings (SSSR count). The van der Waals surface area contributed by atoms with Crippen LogP contribution in [0.1, 0.15) is 68.7 Å². The highest BCUT2D eigenvalue weighted by Crippen LogP contribution is 2.39. The van der Waals surface area contributed by atoms with Gasteiger partial charge in [-0.3, -0.25) is 0 Å². The van der Waals surface area contributed by atoms with E-state index < -0.39 is 0 Å². The lowest BCUT2D eigenvalue weighted by Gasteiger charge is -2.29. The molecule has 0 spiro atoms. The van der Waals surface area contributed by atoms with Crippen molar-refractivity contribution in [3.8, 4) is 5.75 Å². The number of rotatable bonds is 4. The fraction of sp³-hybridized carbons (Fsp3) is 0.647. The average molecular weight is 261 g/mol. The Kier molecular flexibility index (Phi) is 4.87. The molecule has 1 aromatic carbocycles. The quantitative estimate of drug-likeness (QED) is 0.877. The van der Waals surface area contributed by atoms with E-state index in [9.17, 15) is 0 Å². The van der Waals surface area contributed by atoms with Crippen LogP contribution in [0.25, 0.3) is 0 Å². The second-order valence-corrected chi connectivity index (χ2v) is 5.77. The van der Waals surface area contributed by atoms with E-state index in [0.29, 0.717) is 12.0 Å². The first-order valence-corrected chi connectivity index (χ1v) is 7.62. The van der Waals surface area contributed by atoms with E-state index in [4.69, 9.17) is 4.74 Å². The number of benzene rings is 1. The van der Waals surface area contributed by atoms with Gasteiger partial charge in [0.1, 0.15) is 5.75 Å². The molecule has 1 aliphatic rings. The van der Waals surface area contributed by atoms with E-state index in [1.54, 1.807) is 0 Å². The summed E-state index contributed by atoms with van der Waals surface area (Å²) >= 11 is 0. The maximum absolute atomic E-state index is 5.77. The van der Waals surface area contributed by atoms with E-state index in [0.717, 1.165) is 18.7 Å². The van der Waals surface area contributed by atoms with Crippen molar-refractivity contribution in [2.45, 2.75) is 58.4 Å². The Balaban J connectivity index is 2.51. The van der Waals surface area contributed by atoms with Gasteiger partial charge in [0.05, 0.1) is 7.11 Å². The summed E-state index contributed by atoms with van der Waals surface area (Å²) in [6.07, 6.45) is 4.86. The minimum Gasteiger partial charge on any atom is -0.496 e. The topological polar surface area (TPSA) is 21.3 Å². The third-order valence-electron chi connectivity index (χ3n) is 4.18. The second-order valence-electron chi connectivity index (χ2n) is 5.77. The van der Waals surface area contributed by atoms with Gasteiger partial charge in [0.2, 0.25) is 0 Å². The third kappa shape index (κ3) is 2.94. The lowest BCUT2D eigenvalue weighted by molar-refractivity contribution is 0.368. The van der Waals surface area contributed by atoms with Crippen molar-refractivity contribution in [2.75, 3.05) is 13.7 Å². The molecule has 1 N–H and O–H groups in total. The molecule has 19 heavy (non-hydrogen) atoms. The predicted octanol–water partition coefficient (Wildman–Crippen LogP) is 4.20. The average Bonchev–Trinajstić information content (AvgIpc) is 2.46. The first kappa shape index (κ1) is 14.4. The summed E-state index contributed by atoms with van der Waals surface area (Å²) in [6, 6.07) is 5.01. The molecule has 0 amide bonds. The van der Waals surface area contributed by atoms with Crippen LogP contribution in [0.3, 0.4) is 0 Å². The van der Waals surface area contributed by atoms with Crippen molar-refractivity contribution in [3.05, 3.63) is 28.8 Å². The van der Waals surface area contributed by atoms with Gasteiger partial charge >= 0.3 is 0 Å². The maximum Gasteiger partial charge on any atom is 0.127 e. The Morgan fingerprint density at radius 3 is 2.63 bits per heavy atom. The Hall–Kier alpha value is -1.02. The van der Waals surface area contributed by atoms with Crippen molar-refractivity contribution in [2.24, 2.45) is 0 Å². The molecule has 0 aromatic heterocycles. The monoisotopic (exact) mass is 261 g/mol. The number of hydrogen-bond donors (Lipinski definition) is 1. The molecular weight excluding hydrogens is 234 g/mol. The van der Waals surface area contributed by atoms with E-state index in [1.807, 2.05) is 7.11 Å². The number of hydrogen-bond acceptors (Lipinski definition) is 2. The number of piperidine rings is 1. The van der Waals surface area contributed by atoms with Gasteiger partial charge < -0.3 is 10.1 Å². The molecule has 0 aliphatic carbocycles. The van der Waals surface area contributed by atoms with Crippen molar-refractivity contribution < 1.29 is 4.74 Å². The summed E-state index contributed by atoms with van der Waals surface area (Å²) in [5.41, 5.74) is 4.18. The number of aryl methyl sites for hydroxylation is 1. The third-order valence-corrected chi connectivity index (χ3v) is 4.18. The molecule has 0 saturated carbocycles. The van der Waals surface area contributed by atoms with Gasteiger partial charge in [-0.15, -0.1) is 0 Å². The predicted molar refractivity (Wildman–Crippen MR) is 81.1 cm³/mol. The molecule has 1 fully saturated rings. The van der Waals surface area contributed by atoms with Gasteiger partial charge in [-0.25, -0.2) is 0 Å². The molecule has 106 valence electrons. The summed E-state index contributed by atoms with van der Waals surface area (Å²) in [4.78, 5) is 0. The Morgan fingerprint density at radius 1 is 1.32 bits per heavy atom. The van der Waals surface area contributed by atoms with Crippen molar-refractivity contribution in [1.82, 2.24) is 5.32 Å². The van der Waals surface area contributed by atoms with Crippen molar-refractivity contribution >= 4 is 0 Å². The Bertz CT molecular complexity index is 420. The smallest absolute Gasteiger partial charge is 0.127 e. The van der Waals surface area contributed by atoms with Crippen LogP contribution in [0.2, 0.25) is 0 Å². The fourth-order valence-electron chi connectivity index (χ4n) is 3.14. The van der Waals surface area contributed by atoms with Gasteiger partial charge in [0, 0.05) is 11.6 Å². The van der Waals surface area contributed by atoms with Crippen LogP contribution in [-0.4, -0.2) is 13.7 Å². The van der Waals surface area contributed by atoms with Crippen molar-refractivity contribution in [3.63, 3.8) is 0 Å². The van der Waals surface area contributed by atoms with Crippen LogP contribution in [0.4, 0.5) is 0 Å². The summed E-state index contributed by atoms with van der Waals surface area (Å²) in [7, 11) is 1.81. The molecule has 1 saturated heterocycles. The zero-order valence-electron chi connectivity index (χ0n) is 12.8. The van der Waals surface area contributed by atoms with Crippen LogP contribution in [0.5, 0.6) is 5.75 Å². The minimum absolute atomic E-state index is 0.465. The van der Waals surface area contributed by atoms with Gasteiger partial charge in [-0.2, -0.15) is 0 Å². The van der Waals surface area contributed by atoms with Crippen LogP contribution >= 0.6 is 0 Å². The minimum atomic E-state index is 0.465. The highest BCUT2D eigenvalue weighted by atomic mass is 16.5. The zero-order valence-corrected chi connectivity index (χ0v) is 12.8. The first-order valence-electron chi connectivity index (χ1n) is 7.62. The molecule has 1 aromatic rings. The van der Waals surface area contributed by atoms with E-state index in [2.05, 4.69) is 38.2 Å². The highest BCUT2D eigenvalue weighted by Gasteiger charge is 2.24. The summed E-state index contributed by atoms with van der Waals surface area (Å²) in [6.45, 7) is 7.87. The standard InChI is InChI=1S/C17H27NO/c1-5-13-9-10-14(12(2)3)16(17(13)19-4)15-8-6-7-11-18-15/h9-10,12,15,18H,5-8,11H2,1-4H3. The zero-order chi connectivity index (χ0) is 13.8. The fourth-order valence-corrected chi connectivity index (χ4v) is 3.14. The molecule has 1 atom stereocenters. The number of methoxy groups -OCH3 is 1. The molecule has 1 unspecified atom stereocenters. The lowest BCUT2D eigenvalue weighted by atomic mass is 9.86. The van der Waals surface area contributed by atoms with Crippen LogP contribution in [0.15, 0.2) is 12.1 Å². The highest BCUT2D eigenvalue weighted by molar-refractivity contribution is 5.49. The number of nitrogens with one attached hydrogen (secondary N) is 1. The van der Waals surface area contributed by atoms with Crippen LogP contribution in [0, 0.1) is 0 Å². The van der Waals surface area contributed by atoms with Gasteiger partial charge in [0.25, 0.3) is 0 Å². The SMILES string of the molecule is CCc1ccc(C(C)C)c(C2CCCCN2)c1OC. The first-order chi connectivity index (χ1) is 9.19. The van der Waals surface area contributed by atoms with Crippen molar-refractivity contribution in [1.29, 1.82) is 0 Å². The molecule has 0 radical (unpaired) electrons. The van der Waals surface area contributed by atoms with Gasteiger partial charge in [0.15, 0.2) is 0 Å². The van der Waals surface area contributed by atoms with Crippen LogP contribution in [-0.2, 0) is 6.42 Å². The van der Waals surface area contributed by atoms with E-state index in [1.165, 1.54) is 36.0 Å². The molecule has 1 aliphatic heterocycles. The molecule has 2 heteroatoms. The Labute approximate surface area is 117 Å². The van der Waals surface area contributed by atoms with Gasteiger partial charge in [-0.05, 0) is 42.9 Å². The normalized spacial score (nSPS) is 19.7. The Morgan fingerprint density at radius 2 is 2.11 bits per heavy atom. The molecule has 1 heterocycles. The largest absolute Gasteiger partial charge is 0.496 e.